The third-order valence-corrected chi connectivity index (χ3v) is 6.81. The van der Waals surface area contributed by atoms with Crippen LogP contribution in [0.4, 0.5) is 17.1 Å². The van der Waals surface area contributed by atoms with Gasteiger partial charge in [0.2, 0.25) is 0 Å². The van der Waals surface area contributed by atoms with E-state index in [9.17, 15) is 21.6 Å². The van der Waals surface area contributed by atoms with Crippen LogP contribution in [0, 0.1) is 6.92 Å². The Morgan fingerprint density at radius 2 is 1.71 bits per heavy atom. The first-order valence-corrected chi connectivity index (χ1v) is 13.3. The van der Waals surface area contributed by atoms with Gasteiger partial charge in [0.05, 0.1) is 35.2 Å². The molecule has 2 aromatic carbocycles. The Balaban J connectivity index is 2.05. The summed E-state index contributed by atoms with van der Waals surface area (Å²) in [5, 5.41) is 8.37. The van der Waals surface area contributed by atoms with E-state index in [1.807, 2.05) is 32.0 Å². The van der Waals surface area contributed by atoms with Crippen LogP contribution in [0.2, 0.25) is 0 Å². The highest BCUT2D eigenvalue weighted by atomic mass is 32.3. The standard InChI is InChI=1S/C21H27N3O8S2/c1-4-24(11-12-31-17(3)25)19-7-10-21(16(2)15-19)23-22-18-5-8-20(9-6-18)33(26,27)14-13-32-34(28,29)30/h5-10,15H,4,11-14H2,1-3H3,(H,28,29,30). The molecule has 0 aliphatic carbocycles. The van der Waals surface area contributed by atoms with Gasteiger partial charge in [0.25, 0.3) is 0 Å². The molecular weight excluding hydrogens is 486 g/mol. The van der Waals surface area contributed by atoms with Crippen LogP contribution in [0.5, 0.6) is 0 Å². The first kappa shape index (κ1) is 27.4. The Hall–Kier alpha value is -2.87. The molecule has 0 fully saturated rings. The summed E-state index contributed by atoms with van der Waals surface area (Å²) in [5.74, 6) is -0.936. The van der Waals surface area contributed by atoms with Crippen molar-refractivity contribution in [3.8, 4) is 0 Å². The average Bonchev–Trinajstić information content (AvgIpc) is 2.75. The number of sulfone groups is 1. The average molecular weight is 514 g/mol. The molecule has 0 bridgehead atoms. The van der Waals surface area contributed by atoms with Gasteiger partial charge in [-0.15, -0.1) is 0 Å². The van der Waals surface area contributed by atoms with Crippen molar-refractivity contribution in [2.45, 2.75) is 25.7 Å². The Morgan fingerprint density at radius 3 is 2.26 bits per heavy atom. The first-order valence-electron chi connectivity index (χ1n) is 10.3. The molecule has 0 aromatic heterocycles. The van der Waals surface area contributed by atoms with Crippen molar-refractivity contribution < 1.29 is 35.1 Å². The van der Waals surface area contributed by atoms with Crippen LogP contribution in [-0.2, 0) is 34.0 Å². The second-order valence-corrected chi connectivity index (χ2v) is 10.4. The molecule has 0 atom stereocenters. The van der Waals surface area contributed by atoms with E-state index in [1.54, 1.807) is 0 Å². The molecule has 0 aliphatic rings. The minimum atomic E-state index is -4.70. The molecule has 0 spiro atoms. The number of carbonyl (C=O) groups is 1. The fraction of sp³-hybridized carbons (Fsp3) is 0.381. The fourth-order valence-electron chi connectivity index (χ4n) is 2.92. The van der Waals surface area contributed by atoms with Crippen LogP contribution in [-0.4, -0.2) is 59.4 Å². The highest BCUT2D eigenvalue weighted by Crippen LogP contribution is 2.27. The number of esters is 1. The van der Waals surface area contributed by atoms with Crippen molar-refractivity contribution >= 4 is 43.3 Å². The predicted octanol–water partition coefficient (Wildman–Crippen LogP) is 3.39. The van der Waals surface area contributed by atoms with Crippen molar-refractivity contribution in [2.75, 3.05) is 37.0 Å². The van der Waals surface area contributed by atoms with E-state index in [4.69, 9.17) is 9.29 Å². The van der Waals surface area contributed by atoms with Crippen molar-refractivity contribution in [3.63, 3.8) is 0 Å². The smallest absolute Gasteiger partial charge is 0.397 e. The van der Waals surface area contributed by atoms with Crippen LogP contribution in [0.25, 0.3) is 0 Å². The summed E-state index contributed by atoms with van der Waals surface area (Å²) >= 11 is 0. The highest BCUT2D eigenvalue weighted by molar-refractivity contribution is 7.91. The Labute approximate surface area is 199 Å². The molecule has 0 saturated carbocycles. The lowest BCUT2D eigenvalue weighted by atomic mass is 10.1. The number of likely N-dealkylation sites (N-methyl/N-ethyl adjacent to an activating group) is 1. The van der Waals surface area contributed by atoms with E-state index >= 15 is 0 Å². The molecule has 0 unspecified atom stereocenters. The number of ether oxygens (including phenoxy) is 1. The number of rotatable bonds is 12. The van der Waals surface area contributed by atoms with Gasteiger partial charge in [0.1, 0.15) is 6.61 Å². The van der Waals surface area contributed by atoms with E-state index in [0.717, 1.165) is 17.8 Å². The quantitative estimate of drug-likeness (QED) is 0.256. The number of carbonyl (C=O) groups excluding carboxylic acids is 1. The Morgan fingerprint density at radius 1 is 1.03 bits per heavy atom. The lowest BCUT2D eigenvalue weighted by Gasteiger charge is -2.23. The topological polar surface area (TPSA) is 152 Å². The number of hydrogen-bond donors (Lipinski definition) is 1. The molecule has 34 heavy (non-hydrogen) atoms. The zero-order chi connectivity index (χ0) is 25.4. The zero-order valence-electron chi connectivity index (χ0n) is 19.0. The number of benzene rings is 2. The van der Waals surface area contributed by atoms with E-state index in [1.165, 1.54) is 31.2 Å². The summed E-state index contributed by atoms with van der Waals surface area (Å²) < 4.78 is 63.1. The SMILES string of the molecule is CCN(CCOC(C)=O)c1ccc(N=Nc2ccc(S(=O)(=O)CCOS(=O)(=O)O)cc2)c(C)c1. The van der Waals surface area contributed by atoms with Crippen LogP contribution >= 0.6 is 0 Å². The number of hydrogen-bond acceptors (Lipinski definition) is 10. The second kappa shape index (κ2) is 12.0. The number of azo groups is 1. The minimum Gasteiger partial charge on any atom is -0.464 e. The maximum absolute atomic E-state index is 12.2. The molecule has 2 rings (SSSR count). The molecule has 186 valence electrons. The summed E-state index contributed by atoms with van der Waals surface area (Å²) in [6.45, 7) is 6.16. The molecule has 13 heteroatoms. The van der Waals surface area contributed by atoms with Crippen LogP contribution in [0.15, 0.2) is 57.6 Å². The Bertz CT molecular complexity index is 1230. The van der Waals surface area contributed by atoms with Crippen molar-refractivity contribution in [2.24, 2.45) is 10.2 Å². The zero-order valence-corrected chi connectivity index (χ0v) is 20.7. The van der Waals surface area contributed by atoms with Gasteiger partial charge in [-0.3, -0.25) is 9.35 Å². The van der Waals surface area contributed by atoms with E-state index in [-0.39, 0.29) is 10.9 Å². The van der Waals surface area contributed by atoms with E-state index in [0.29, 0.717) is 24.5 Å². The van der Waals surface area contributed by atoms with Crippen LogP contribution < -0.4 is 4.90 Å². The van der Waals surface area contributed by atoms with Crippen LogP contribution in [0.1, 0.15) is 19.4 Å². The predicted molar refractivity (Wildman–Crippen MR) is 126 cm³/mol. The van der Waals surface area contributed by atoms with E-state index < -0.39 is 32.6 Å². The van der Waals surface area contributed by atoms with Crippen LogP contribution in [0.3, 0.4) is 0 Å². The van der Waals surface area contributed by atoms with Gasteiger partial charge in [-0.05, 0) is 61.9 Å². The van der Waals surface area contributed by atoms with Gasteiger partial charge in [0, 0.05) is 19.2 Å². The third-order valence-electron chi connectivity index (χ3n) is 4.65. The maximum atomic E-state index is 12.2. The summed E-state index contributed by atoms with van der Waals surface area (Å²) in [7, 11) is -8.51. The summed E-state index contributed by atoms with van der Waals surface area (Å²) in [6.07, 6.45) is 0. The largest absolute Gasteiger partial charge is 0.464 e. The summed E-state index contributed by atoms with van der Waals surface area (Å²) in [5.41, 5.74) is 2.90. The molecule has 0 saturated heterocycles. The van der Waals surface area contributed by atoms with Gasteiger partial charge in [-0.2, -0.15) is 18.6 Å². The second-order valence-electron chi connectivity index (χ2n) is 7.15. The van der Waals surface area contributed by atoms with Crippen molar-refractivity contribution in [1.29, 1.82) is 0 Å². The molecule has 2 aromatic rings. The van der Waals surface area contributed by atoms with Crippen molar-refractivity contribution in [3.05, 3.63) is 48.0 Å². The minimum absolute atomic E-state index is 0.0423. The van der Waals surface area contributed by atoms with Gasteiger partial charge < -0.3 is 9.64 Å². The normalized spacial score (nSPS) is 12.1. The molecule has 11 nitrogen and oxygen atoms in total. The van der Waals surface area contributed by atoms with Crippen molar-refractivity contribution in [1.82, 2.24) is 0 Å². The molecule has 0 amide bonds. The number of anilines is 1. The number of aryl methyl sites for hydroxylation is 1. The molecule has 0 heterocycles. The highest BCUT2D eigenvalue weighted by Gasteiger charge is 2.16. The van der Waals surface area contributed by atoms with Gasteiger partial charge in [-0.1, -0.05) is 0 Å². The molecular formula is C21H27N3O8S2. The lowest BCUT2D eigenvalue weighted by molar-refractivity contribution is -0.140. The molecule has 0 radical (unpaired) electrons. The monoisotopic (exact) mass is 513 g/mol. The number of nitrogens with zero attached hydrogens (tertiary/aromatic N) is 3. The van der Waals surface area contributed by atoms with E-state index in [2.05, 4.69) is 19.3 Å². The Kier molecular flexibility index (Phi) is 9.67. The summed E-state index contributed by atoms with van der Waals surface area (Å²) in [4.78, 5) is 13.0. The van der Waals surface area contributed by atoms with Gasteiger partial charge in [-0.25, -0.2) is 12.6 Å². The third kappa shape index (κ3) is 8.82. The summed E-state index contributed by atoms with van der Waals surface area (Å²) in [6, 6.07) is 11.3. The first-order chi connectivity index (χ1) is 15.9. The fourth-order valence-corrected chi connectivity index (χ4v) is 4.41. The maximum Gasteiger partial charge on any atom is 0.397 e. The van der Waals surface area contributed by atoms with Gasteiger partial charge in [0.15, 0.2) is 9.84 Å². The lowest BCUT2D eigenvalue weighted by Crippen LogP contribution is -2.27. The van der Waals surface area contributed by atoms with Gasteiger partial charge >= 0.3 is 16.4 Å². The molecule has 0 aliphatic heterocycles. The molecule has 1 N–H and O–H groups in total.